The van der Waals surface area contributed by atoms with E-state index in [0.717, 1.165) is 12.1 Å². The van der Waals surface area contributed by atoms with Gasteiger partial charge in [-0.15, -0.1) is 0 Å². The molecule has 4 N–H and O–H groups in total. The molecule has 0 fully saturated rings. The van der Waals surface area contributed by atoms with Gasteiger partial charge in [0, 0.05) is 34.6 Å². The number of hydrogen-bond donors (Lipinski definition) is 3. The van der Waals surface area contributed by atoms with Crippen molar-refractivity contribution in [3.05, 3.63) is 77.6 Å². The van der Waals surface area contributed by atoms with E-state index in [4.69, 9.17) is 10.5 Å². The van der Waals surface area contributed by atoms with E-state index in [-0.39, 0.29) is 34.7 Å². The third-order valence-corrected chi connectivity index (χ3v) is 5.04. The van der Waals surface area contributed by atoms with Crippen molar-refractivity contribution in [1.29, 1.82) is 0 Å². The van der Waals surface area contributed by atoms with Crippen molar-refractivity contribution >= 4 is 29.1 Å². The Labute approximate surface area is 204 Å². The van der Waals surface area contributed by atoms with Gasteiger partial charge in [-0.25, -0.2) is 9.18 Å². The summed E-state index contributed by atoms with van der Waals surface area (Å²) >= 11 is 0. The fraction of sp³-hybridized carbons (Fsp3) is 0.200. The molecule has 190 valence electrons. The van der Waals surface area contributed by atoms with E-state index in [9.17, 15) is 27.2 Å². The Morgan fingerprint density at radius 1 is 0.944 bits per heavy atom. The molecule has 0 aromatic heterocycles. The highest BCUT2D eigenvalue weighted by Crippen LogP contribution is 2.36. The van der Waals surface area contributed by atoms with Gasteiger partial charge in [0.2, 0.25) is 0 Å². The zero-order valence-electron chi connectivity index (χ0n) is 19.4. The summed E-state index contributed by atoms with van der Waals surface area (Å²) in [6.07, 6.45) is -5.33. The molecule has 3 aromatic rings. The van der Waals surface area contributed by atoms with E-state index < -0.39 is 29.6 Å². The van der Waals surface area contributed by atoms with Crippen molar-refractivity contribution in [2.45, 2.75) is 6.18 Å². The molecule has 7 nitrogen and oxygen atoms in total. The second kappa shape index (κ2) is 11.1. The van der Waals surface area contributed by atoms with Gasteiger partial charge in [0.1, 0.15) is 12.4 Å². The van der Waals surface area contributed by atoms with E-state index in [2.05, 4.69) is 10.6 Å². The molecule has 0 aliphatic carbocycles. The number of amides is 2. The minimum atomic E-state index is -4.69. The zero-order chi connectivity index (χ0) is 26.5. The molecule has 0 aliphatic heterocycles. The number of hydrogen-bond acceptors (Lipinski definition) is 5. The molecule has 0 saturated carbocycles. The number of carbonyl (C=O) groups is 2. The third kappa shape index (κ3) is 6.95. The van der Waals surface area contributed by atoms with Crippen LogP contribution in [0.1, 0.15) is 15.9 Å². The first-order valence-electron chi connectivity index (χ1n) is 10.7. The molecule has 36 heavy (non-hydrogen) atoms. The predicted molar refractivity (Wildman–Crippen MR) is 129 cm³/mol. The fourth-order valence-electron chi connectivity index (χ4n) is 3.18. The van der Waals surface area contributed by atoms with E-state index in [1.807, 2.05) is 19.0 Å². The Kier molecular flexibility index (Phi) is 8.15. The first-order valence-corrected chi connectivity index (χ1v) is 10.7. The molecule has 2 amide bonds. The second-order valence-electron chi connectivity index (χ2n) is 8.09. The molecule has 0 spiro atoms. The van der Waals surface area contributed by atoms with Crippen molar-refractivity contribution in [3.8, 4) is 11.1 Å². The van der Waals surface area contributed by atoms with Crippen LogP contribution >= 0.6 is 0 Å². The Hall–Kier alpha value is -4.12. The fourth-order valence-corrected chi connectivity index (χ4v) is 3.18. The third-order valence-electron chi connectivity index (χ3n) is 5.04. The van der Waals surface area contributed by atoms with E-state index in [1.54, 1.807) is 0 Å². The summed E-state index contributed by atoms with van der Waals surface area (Å²) in [6.45, 7) is 0.774. The van der Waals surface area contributed by atoms with Gasteiger partial charge in [-0.3, -0.25) is 10.1 Å². The number of likely N-dealkylation sites (N-methyl/N-ethyl adjacent to an activating group) is 1. The number of benzene rings is 3. The summed E-state index contributed by atoms with van der Waals surface area (Å²) in [7, 11) is 3.69. The maximum atomic E-state index is 14.6. The van der Waals surface area contributed by atoms with Crippen molar-refractivity contribution in [2.24, 2.45) is 0 Å². The van der Waals surface area contributed by atoms with Gasteiger partial charge in [0.25, 0.3) is 5.91 Å². The lowest BCUT2D eigenvalue weighted by molar-refractivity contribution is -0.137. The molecule has 0 aliphatic rings. The number of ether oxygens (including phenoxy) is 1. The Bertz CT molecular complexity index is 1250. The quantitative estimate of drug-likeness (QED) is 0.294. The Balaban J connectivity index is 1.75. The standard InChI is InChI=1S/C25H24F4N4O3/c1-33(2)11-12-36-24(35)31-18-7-3-15(4-8-18)23(34)32-22-14-17(30)6-10-20(22)19-9-5-16(13-21(19)26)25(27,28)29/h3-10,13-14H,11-12,30H2,1-2H3,(H,31,35)(H,32,34). The van der Waals surface area contributed by atoms with Crippen LogP contribution in [0.2, 0.25) is 0 Å². The first-order chi connectivity index (χ1) is 16.9. The summed E-state index contributed by atoms with van der Waals surface area (Å²) in [6, 6.07) is 12.3. The minimum Gasteiger partial charge on any atom is -0.448 e. The summed E-state index contributed by atoms with van der Waals surface area (Å²) in [5.41, 5.74) is 5.69. The van der Waals surface area contributed by atoms with Crippen LogP contribution in [0.5, 0.6) is 0 Å². The van der Waals surface area contributed by atoms with Gasteiger partial charge >= 0.3 is 12.3 Å². The van der Waals surface area contributed by atoms with Crippen LogP contribution in [0, 0.1) is 5.82 Å². The number of alkyl halides is 3. The van der Waals surface area contributed by atoms with Crippen molar-refractivity contribution in [2.75, 3.05) is 43.6 Å². The topological polar surface area (TPSA) is 96.7 Å². The monoisotopic (exact) mass is 504 g/mol. The number of nitrogens with zero attached hydrogens (tertiary/aromatic N) is 1. The smallest absolute Gasteiger partial charge is 0.416 e. The average molecular weight is 504 g/mol. The molecular weight excluding hydrogens is 480 g/mol. The number of nitrogens with two attached hydrogens (primary N) is 1. The summed E-state index contributed by atoms with van der Waals surface area (Å²) in [4.78, 5) is 26.5. The van der Waals surface area contributed by atoms with E-state index in [1.165, 1.54) is 42.5 Å². The largest absolute Gasteiger partial charge is 0.448 e. The van der Waals surface area contributed by atoms with Gasteiger partial charge in [0.05, 0.1) is 11.3 Å². The maximum Gasteiger partial charge on any atom is 0.416 e. The first kappa shape index (κ1) is 26.5. The van der Waals surface area contributed by atoms with Crippen molar-refractivity contribution < 1.29 is 31.9 Å². The molecule has 11 heteroatoms. The van der Waals surface area contributed by atoms with Crippen LogP contribution in [0.25, 0.3) is 11.1 Å². The highest BCUT2D eigenvalue weighted by molar-refractivity contribution is 6.07. The lowest BCUT2D eigenvalue weighted by Crippen LogP contribution is -2.22. The second-order valence-corrected chi connectivity index (χ2v) is 8.09. The van der Waals surface area contributed by atoms with Crippen LogP contribution in [0.15, 0.2) is 60.7 Å². The van der Waals surface area contributed by atoms with Gasteiger partial charge in [0.15, 0.2) is 0 Å². The molecule has 0 saturated heterocycles. The highest BCUT2D eigenvalue weighted by Gasteiger charge is 2.31. The summed E-state index contributed by atoms with van der Waals surface area (Å²) in [5.74, 6) is -1.67. The lowest BCUT2D eigenvalue weighted by Gasteiger charge is -2.15. The maximum absolute atomic E-state index is 14.6. The zero-order valence-corrected chi connectivity index (χ0v) is 19.4. The van der Waals surface area contributed by atoms with Crippen LogP contribution < -0.4 is 16.4 Å². The minimum absolute atomic E-state index is 0.116. The number of carbonyl (C=O) groups excluding carboxylic acids is 2. The van der Waals surface area contributed by atoms with Crippen LogP contribution in [-0.2, 0) is 10.9 Å². The molecule has 0 atom stereocenters. The Morgan fingerprint density at radius 2 is 1.61 bits per heavy atom. The van der Waals surface area contributed by atoms with Gasteiger partial charge in [-0.1, -0.05) is 12.1 Å². The molecule has 0 radical (unpaired) electrons. The molecule has 3 rings (SSSR count). The van der Waals surface area contributed by atoms with Crippen LogP contribution in [0.4, 0.5) is 39.4 Å². The Morgan fingerprint density at radius 3 is 2.22 bits per heavy atom. The SMILES string of the molecule is CN(C)CCOC(=O)Nc1ccc(C(=O)Nc2cc(N)ccc2-c2ccc(C(F)(F)F)cc2F)cc1. The van der Waals surface area contributed by atoms with E-state index in [0.29, 0.717) is 18.3 Å². The number of halogens is 4. The highest BCUT2D eigenvalue weighted by atomic mass is 19.4. The summed E-state index contributed by atoms with van der Waals surface area (Å²) < 4.78 is 58.3. The normalized spacial score (nSPS) is 11.3. The molecule has 0 unspecified atom stereocenters. The van der Waals surface area contributed by atoms with Crippen molar-refractivity contribution in [1.82, 2.24) is 4.90 Å². The molecule has 0 bridgehead atoms. The van der Waals surface area contributed by atoms with Crippen molar-refractivity contribution in [3.63, 3.8) is 0 Å². The number of nitrogen functional groups attached to an aromatic ring is 1. The van der Waals surface area contributed by atoms with Crippen LogP contribution in [-0.4, -0.2) is 44.1 Å². The number of nitrogens with one attached hydrogen (secondary N) is 2. The van der Waals surface area contributed by atoms with E-state index >= 15 is 0 Å². The predicted octanol–water partition coefficient (Wildman–Crippen LogP) is 5.46. The van der Waals surface area contributed by atoms with Gasteiger partial charge < -0.3 is 20.7 Å². The number of anilines is 3. The average Bonchev–Trinajstić information content (AvgIpc) is 2.79. The molecular formula is C25H24F4N4O3. The van der Waals surface area contributed by atoms with Crippen LogP contribution in [0.3, 0.4) is 0 Å². The van der Waals surface area contributed by atoms with Gasteiger partial charge in [-0.05, 0) is 62.6 Å². The van der Waals surface area contributed by atoms with Gasteiger partial charge in [-0.2, -0.15) is 13.2 Å². The lowest BCUT2D eigenvalue weighted by atomic mass is 10.00. The molecule has 0 heterocycles. The number of rotatable bonds is 7. The summed E-state index contributed by atoms with van der Waals surface area (Å²) in [5, 5.41) is 5.15. The molecule has 3 aromatic carbocycles.